The lowest BCUT2D eigenvalue weighted by atomic mass is 10.1. The zero-order valence-corrected chi connectivity index (χ0v) is 22.1. The second kappa shape index (κ2) is 15.0. The molecule has 0 radical (unpaired) electrons. The third-order valence-corrected chi connectivity index (χ3v) is 5.26. The number of rotatable bonds is 11. The molecule has 3 rings (SSSR count). The van der Waals surface area contributed by atoms with Crippen LogP contribution >= 0.6 is 24.0 Å². The summed E-state index contributed by atoms with van der Waals surface area (Å²) < 4.78 is 22.5. The molecule has 2 aromatic rings. The highest BCUT2D eigenvalue weighted by atomic mass is 127. The van der Waals surface area contributed by atoms with Crippen LogP contribution in [-0.4, -0.2) is 52.6 Å². The van der Waals surface area contributed by atoms with Gasteiger partial charge < -0.3 is 29.6 Å². The lowest BCUT2D eigenvalue weighted by molar-refractivity contribution is 0.119. The molecule has 1 fully saturated rings. The topological polar surface area (TPSA) is 73.3 Å². The van der Waals surface area contributed by atoms with E-state index in [-0.39, 0.29) is 30.1 Å². The zero-order valence-electron chi connectivity index (χ0n) is 19.8. The Labute approximate surface area is 214 Å². The Hall–Kier alpha value is -2.04. The average Bonchev–Trinajstić information content (AvgIpc) is 3.32. The van der Waals surface area contributed by atoms with Gasteiger partial charge in [-0.2, -0.15) is 0 Å². The van der Waals surface area contributed by atoms with E-state index in [0.717, 1.165) is 54.6 Å². The number of guanidine groups is 1. The fourth-order valence-corrected chi connectivity index (χ4v) is 3.40. The number of nitrogens with zero attached hydrogens (tertiary/aromatic N) is 1. The summed E-state index contributed by atoms with van der Waals surface area (Å²) in [5.74, 6) is 2.53. The van der Waals surface area contributed by atoms with E-state index < -0.39 is 0 Å². The highest BCUT2D eigenvalue weighted by Crippen LogP contribution is 2.23. The molecule has 2 aromatic carbocycles. The van der Waals surface area contributed by atoms with Crippen LogP contribution in [0.4, 0.5) is 0 Å². The molecule has 1 atom stereocenters. The second-order valence-electron chi connectivity index (χ2n) is 7.82. The van der Waals surface area contributed by atoms with E-state index in [1.807, 2.05) is 24.3 Å². The molecule has 33 heavy (non-hydrogen) atoms. The molecular formula is C25H36IN3O4. The summed E-state index contributed by atoms with van der Waals surface area (Å²) in [7, 11) is 3.44. The number of aliphatic imine (C=N–C) groups is 1. The van der Waals surface area contributed by atoms with Crippen molar-refractivity contribution >= 4 is 29.9 Å². The smallest absolute Gasteiger partial charge is 0.191 e. The summed E-state index contributed by atoms with van der Waals surface area (Å²) in [6.45, 7) is 6.19. The summed E-state index contributed by atoms with van der Waals surface area (Å²) in [6, 6.07) is 14.2. The van der Waals surface area contributed by atoms with Crippen LogP contribution in [0.1, 0.15) is 29.5 Å². The third-order valence-electron chi connectivity index (χ3n) is 5.26. The Morgan fingerprint density at radius 2 is 1.97 bits per heavy atom. The lowest BCUT2D eigenvalue weighted by Crippen LogP contribution is -2.37. The molecule has 7 nitrogen and oxygen atoms in total. The Morgan fingerprint density at radius 1 is 1.15 bits per heavy atom. The molecule has 0 aromatic heterocycles. The number of ether oxygens (including phenoxy) is 4. The van der Waals surface area contributed by atoms with E-state index in [9.17, 15) is 0 Å². The predicted octanol–water partition coefficient (Wildman–Crippen LogP) is 4.06. The van der Waals surface area contributed by atoms with E-state index in [2.05, 4.69) is 40.7 Å². The first-order valence-corrected chi connectivity index (χ1v) is 11.2. The maximum Gasteiger partial charge on any atom is 0.191 e. The minimum absolute atomic E-state index is 0. The van der Waals surface area contributed by atoms with Crippen LogP contribution in [0.2, 0.25) is 0 Å². The van der Waals surface area contributed by atoms with Gasteiger partial charge in [-0.05, 0) is 42.7 Å². The number of methoxy groups -OCH3 is 1. The van der Waals surface area contributed by atoms with Crippen molar-refractivity contribution in [2.45, 2.75) is 39.0 Å². The summed E-state index contributed by atoms with van der Waals surface area (Å²) in [5.41, 5.74) is 3.42. The molecule has 182 valence electrons. The summed E-state index contributed by atoms with van der Waals surface area (Å²) in [5, 5.41) is 6.71. The van der Waals surface area contributed by atoms with Crippen LogP contribution in [0.3, 0.4) is 0 Å². The van der Waals surface area contributed by atoms with Crippen molar-refractivity contribution in [2.24, 2.45) is 4.99 Å². The monoisotopic (exact) mass is 569 g/mol. The molecule has 0 bridgehead atoms. The number of benzene rings is 2. The van der Waals surface area contributed by atoms with Gasteiger partial charge in [0, 0.05) is 38.7 Å². The van der Waals surface area contributed by atoms with Gasteiger partial charge in [-0.15, -0.1) is 24.0 Å². The van der Waals surface area contributed by atoms with Crippen molar-refractivity contribution in [3.05, 3.63) is 59.2 Å². The van der Waals surface area contributed by atoms with E-state index in [1.54, 1.807) is 14.2 Å². The Morgan fingerprint density at radius 3 is 2.67 bits per heavy atom. The van der Waals surface area contributed by atoms with Crippen LogP contribution in [0.5, 0.6) is 11.5 Å². The number of hydrogen-bond acceptors (Lipinski definition) is 5. The molecule has 1 saturated heterocycles. The summed E-state index contributed by atoms with van der Waals surface area (Å²) >= 11 is 0. The quantitative estimate of drug-likeness (QED) is 0.184. The van der Waals surface area contributed by atoms with Crippen molar-refractivity contribution in [2.75, 3.05) is 40.5 Å². The summed E-state index contributed by atoms with van der Waals surface area (Å²) in [4.78, 5) is 4.32. The van der Waals surface area contributed by atoms with Gasteiger partial charge in [-0.3, -0.25) is 4.99 Å². The van der Waals surface area contributed by atoms with Crippen molar-refractivity contribution in [3.63, 3.8) is 0 Å². The molecule has 1 aliphatic rings. The van der Waals surface area contributed by atoms with Gasteiger partial charge in [0.25, 0.3) is 0 Å². The molecular weight excluding hydrogens is 533 g/mol. The minimum Gasteiger partial charge on any atom is -0.497 e. The maximum atomic E-state index is 6.18. The van der Waals surface area contributed by atoms with E-state index in [1.165, 1.54) is 5.56 Å². The largest absolute Gasteiger partial charge is 0.497 e. The van der Waals surface area contributed by atoms with E-state index in [0.29, 0.717) is 26.4 Å². The SMILES string of the molecule is CN=C(NCCCOCc1ccc(OC)cc1)NCc1ccc(C)cc1OC1CCOC1.I. The Balaban J connectivity index is 0.00000385. The van der Waals surface area contributed by atoms with Gasteiger partial charge in [0.15, 0.2) is 5.96 Å². The standard InChI is InChI=1S/C25H35N3O4.HI/c1-19-5-8-21(24(15-19)32-23-11-14-31-18-23)16-28-25(26-2)27-12-4-13-30-17-20-6-9-22(29-3)10-7-20;/h5-10,15,23H,4,11-14,16-18H2,1-3H3,(H2,26,27,28);1H. The van der Waals surface area contributed by atoms with Crippen molar-refractivity contribution in [1.29, 1.82) is 0 Å². The number of hydrogen-bond donors (Lipinski definition) is 2. The first kappa shape index (κ1) is 27.2. The number of halogens is 1. The zero-order chi connectivity index (χ0) is 22.6. The molecule has 0 saturated carbocycles. The maximum absolute atomic E-state index is 6.18. The lowest BCUT2D eigenvalue weighted by Gasteiger charge is -2.18. The van der Waals surface area contributed by atoms with Crippen LogP contribution < -0.4 is 20.1 Å². The molecule has 2 N–H and O–H groups in total. The molecule has 1 heterocycles. The van der Waals surface area contributed by atoms with Crippen LogP contribution in [-0.2, 0) is 22.6 Å². The van der Waals surface area contributed by atoms with Crippen molar-refractivity contribution in [1.82, 2.24) is 10.6 Å². The Bertz CT molecular complexity index is 855. The predicted molar refractivity (Wildman–Crippen MR) is 142 cm³/mol. The number of aryl methyl sites for hydroxylation is 1. The second-order valence-corrected chi connectivity index (χ2v) is 7.82. The molecule has 1 unspecified atom stereocenters. The van der Waals surface area contributed by atoms with E-state index >= 15 is 0 Å². The normalized spacial score (nSPS) is 15.6. The summed E-state index contributed by atoms with van der Waals surface area (Å²) in [6.07, 6.45) is 1.95. The average molecular weight is 569 g/mol. The van der Waals surface area contributed by atoms with Gasteiger partial charge in [-0.1, -0.05) is 24.3 Å². The highest BCUT2D eigenvalue weighted by molar-refractivity contribution is 14.0. The van der Waals surface area contributed by atoms with Crippen LogP contribution in [0.25, 0.3) is 0 Å². The van der Waals surface area contributed by atoms with Gasteiger partial charge in [0.2, 0.25) is 0 Å². The minimum atomic E-state index is 0. The fourth-order valence-electron chi connectivity index (χ4n) is 3.40. The molecule has 8 heteroatoms. The van der Waals surface area contributed by atoms with Gasteiger partial charge in [0.05, 0.1) is 26.9 Å². The van der Waals surface area contributed by atoms with Gasteiger partial charge >= 0.3 is 0 Å². The number of nitrogens with one attached hydrogen (secondary N) is 2. The Kier molecular flexibility index (Phi) is 12.3. The molecule has 1 aliphatic heterocycles. The third kappa shape index (κ3) is 9.38. The fraction of sp³-hybridized carbons (Fsp3) is 0.480. The van der Waals surface area contributed by atoms with Crippen molar-refractivity contribution in [3.8, 4) is 11.5 Å². The first-order valence-electron chi connectivity index (χ1n) is 11.2. The van der Waals surface area contributed by atoms with E-state index in [4.69, 9.17) is 18.9 Å². The van der Waals surface area contributed by atoms with Gasteiger partial charge in [0.1, 0.15) is 17.6 Å². The van der Waals surface area contributed by atoms with Crippen LogP contribution in [0.15, 0.2) is 47.5 Å². The van der Waals surface area contributed by atoms with Gasteiger partial charge in [-0.25, -0.2) is 0 Å². The molecule has 0 aliphatic carbocycles. The first-order chi connectivity index (χ1) is 15.7. The van der Waals surface area contributed by atoms with Crippen molar-refractivity contribution < 1.29 is 18.9 Å². The highest BCUT2D eigenvalue weighted by Gasteiger charge is 2.18. The molecule has 0 amide bonds. The van der Waals surface area contributed by atoms with Crippen LogP contribution in [0, 0.1) is 6.92 Å². The molecule has 0 spiro atoms.